The molecule has 0 heteroatoms. The van der Waals surface area contributed by atoms with Gasteiger partial charge >= 0.3 is 0 Å². The molecule has 0 fully saturated rings. The number of rotatable bonds is 5. The van der Waals surface area contributed by atoms with Crippen LogP contribution in [0.25, 0.3) is 0 Å². The van der Waals surface area contributed by atoms with Crippen molar-refractivity contribution in [1.29, 1.82) is 0 Å². The number of benzene rings is 1. The minimum absolute atomic E-state index is 1.07. The molecule has 0 unspecified atom stereocenters. The molecule has 0 aromatic heterocycles. The topological polar surface area (TPSA) is 0 Å². The summed E-state index contributed by atoms with van der Waals surface area (Å²) in [5.41, 5.74) is 3.71. The van der Waals surface area contributed by atoms with Gasteiger partial charge in [-0.1, -0.05) is 49.8 Å². The molecule has 0 radical (unpaired) electrons. The average molecular weight is 200 g/mol. The second-order valence-corrected chi connectivity index (χ2v) is 4.12. The number of hydrogen-bond acceptors (Lipinski definition) is 0. The van der Waals surface area contributed by atoms with Crippen LogP contribution in [0.5, 0.6) is 0 Å². The van der Waals surface area contributed by atoms with Crippen LogP contribution >= 0.6 is 0 Å². The van der Waals surface area contributed by atoms with Gasteiger partial charge in [-0.3, -0.25) is 0 Å². The lowest BCUT2D eigenvalue weighted by Gasteiger charge is -2.05. The zero-order chi connectivity index (χ0) is 11.1. The fourth-order valence-electron chi connectivity index (χ4n) is 1.81. The van der Waals surface area contributed by atoms with E-state index in [1.165, 1.54) is 36.8 Å². The first-order chi connectivity index (χ1) is 7.27. The lowest BCUT2D eigenvalue weighted by atomic mass is 9.99. The zero-order valence-electron chi connectivity index (χ0n) is 9.84. The van der Waals surface area contributed by atoms with Gasteiger partial charge in [-0.2, -0.15) is 0 Å². The molecule has 0 aliphatic carbocycles. The zero-order valence-corrected chi connectivity index (χ0v) is 9.84. The summed E-state index contributed by atoms with van der Waals surface area (Å²) in [6, 6.07) is 6.37. The van der Waals surface area contributed by atoms with Gasteiger partial charge in [0.15, 0.2) is 0 Å². The molecule has 80 valence electrons. The maximum Gasteiger partial charge on any atom is 0.0274 e. The largest absolute Gasteiger partial charge is 0.115 e. The Bertz CT molecular complexity index is 342. The molecule has 0 atom stereocenters. The third-order valence-electron chi connectivity index (χ3n) is 2.72. The average Bonchev–Trinajstić information content (AvgIpc) is 2.25. The Kier molecular flexibility index (Phi) is 4.98. The summed E-state index contributed by atoms with van der Waals surface area (Å²) >= 11 is 0. The van der Waals surface area contributed by atoms with Gasteiger partial charge in [-0.25, -0.2) is 0 Å². The van der Waals surface area contributed by atoms with Crippen molar-refractivity contribution in [2.45, 2.75) is 46.0 Å². The van der Waals surface area contributed by atoms with Crippen LogP contribution in [0, 0.1) is 19.3 Å². The van der Waals surface area contributed by atoms with Crippen LogP contribution in [0.4, 0.5) is 0 Å². The fourth-order valence-corrected chi connectivity index (χ4v) is 1.81. The van der Waals surface area contributed by atoms with Crippen molar-refractivity contribution in [3.63, 3.8) is 0 Å². The van der Waals surface area contributed by atoms with Gasteiger partial charge in [-0.15, -0.1) is 6.42 Å². The van der Waals surface area contributed by atoms with Crippen molar-refractivity contribution in [2.24, 2.45) is 0 Å². The number of terminal acetylenes is 1. The molecule has 1 aromatic carbocycles. The second-order valence-electron chi connectivity index (χ2n) is 4.12. The summed E-state index contributed by atoms with van der Waals surface area (Å²) in [6.45, 7) is 4.36. The van der Waals surface area contributed by atoms with Crippen LogP contribution in [0.2, 0.25) is 0 Å². The lowest BCUT2D eigenvalue weighted by Crippen LogP contribution is -1.92. The van der Waals surface area contributed by atoms with Gasteiger partial charge in [0.1, 0.15) is 0 Å². The minimum Gasteiger partial charge on any atom is -0.115 e. The molecule has 0 spiro atoms. The summed E-state index contributed by atoms with van der Waals surface area (Å²) < 4.78 is 0. The van der Waals surface area contributed by atoms with Crippen molar-refractivity contribution in [3.8, 4) is 12.3 Å². The number of aryl methyl sites for hydroxylation is 2. The number of hydrogen-bond donors (Lipinski definition) is 0. The van der Waals surface area contributed by atoms with E-state index in [1.807, 2.05) is 0 Å². The third-order valence-corrected chi connectivity index (χ3v) is 2.72. The van der Waals surface area contributed by atoms with Gasteiger partial charge in [0, 0.05) is 5.56 Å². The molecule has 0 saturated carbocycles. The first-order valence-electron chi connectivity index (χ1n) is 5.84. The highest BCUT2D eigenvalue weighted by molar-refractivity contribution is 5.42. The van der Waals surface area contributed by atoms with Crippen molar-refractivity contribution in [2.75, 3.05) is 0 Å². The first kappa shape index (κ1) is 11.9. The van der Waals surface area contributed by atoms with Crippen LogP contribution < -0.4 is 0 Å². The molecule has 0 nitrogen and oxygen atoms in total. The second kappa shape index (κ2) is 6.30. The highest BCUT2D eigenvalue weighted by atomic mass is 14.0. The molecule has 0 heterocycles. The Hall–Kier alpha value is -1.22. The van der Waals surface area contributed by atoms with E-state index < -0.39 is 0 Å². The summed E-state index contributed by atoms with van der Waals surface area (Å²) in [5.74, 6) is 2.76. The van der Waals surface area contributed by atoms with E-state index >= 15 is 0 Å². The summed E-state index contributed by atoms with van der Waals surface area (Å²) in [5, 5.41) is 0. The van der Waals surface area contributed by atoms with Crippen molar-refractivity contribution >= 4 is 0 Å². The highest BCUT2D eigenvalue weighted by Crippen LogP contribution is 2.14. The van der Waals surface area contributed by atoms with Gasteiger partial charge < -0.3 is 0 Å². The monoisotopic (exact) mass is 200 g/mol. The van der Waals surface area contributed by atoms with Crippen molar-refractivity contribution in [3.05, 3.63) is 34.9 Å². The smallest absolute Gasteiger partial charge is 0.0274 e. The maximum absolute atomic E-state index is 5.48. The standard InChI is InChI=1S/C15H20/c1-4-6-7-8-9-15-12-13(3)10-11-14(15)5-2/h2,10-12H,4,6-9H2,1,3H3. The molecule has 0 N–H and O–H groups in total. The molecule has 0 aliphatic heterocycles. The Morgan fingerprint density at radius 3 is 2.67 bits per heavy atom. The lowest BCUT2D eigenvalue weighted by molar-refractivity contribution is 0.666. The quantitative estimate of drug-likeness (QED) is 0.496. The molecule has 0 bridgehead atoms. The van der Waals surface area contributed by atoms with Gasteiger partial charge in [0.2, 0.25) is 0 Å². The maximum atomic E-state index is 5.48. The molecule has 0 saturated heterocycles. The molecular weight excluding hydrogens is 180 g/mol. The van der Waals surface area contributed by atoms with E-state index in [4.69, 9.17) is 6.42 Å². The number of unbranched alkanes of at least 4 members (excludes halogenated alkanes) is 3. The molecular formula is C15H20. The van der Waals surface area contributed by atoms with Crippen LogP contribution in [-0.4, -0.2) is 0 Å². The molecule has 0 amide bonds. The van der Waals surface area contributed by atoms with E-state index in [1.54, 1.807) is 0 Å². The SMILES string of the molecule is C#Cc1ccc(C)cc1CCCCCC. The Morgan fingerprint density at radius 2 is 2.00 bits per heavy atom. The molecule has 15 heavy (non-hydrogen) atoms. The summed E-state index contributed by atoms with van der Waals surface area (Å²) in [6.07, 6.45) is 11.8. The fraction of sp³-hybridized carbons (Fsp3) is 0.467. The van der Waals surface area contributed by atoms with Crippen LogP contribution in [0.15, 0.2) is 18.2 Å². The van der Waals surface area contributed by atoms with Crippen LogP contribution in [-0.2, 0) is 6.42 Å². The van der Waals surface area contributed by atoms with Crippen LogP contribution in [0.1, 0.15) is 49.3 Å². The molecule has 1 aromatic rings. The Morgan fingerprint density at radius 1 is 1.20 bits per heavy atom. The van der Waals surface area contributed by atoms with Crippen molar-refractivity contribution < 1.29 is 0 Å². The minimum atomic E-state index is 1.07. The highest BCUT2D eigenvalue weighted by Gasteiger charge is 2.00. The Labute approximate surface area is 93.7 Å². The third kappa shape index (κ3) is 3.80. The van der Waals surface area contributed by atoms with E-state index in [-0.39, 0.29) is 0 Å². The summed E-state index contributed by atoms with van der Waals surface area (Å²) in [4.78, 5) is 0. The van der Waals surface area contributed by atoms with Gasteiger partial charge in [0.05, 0.1) is 0 Å². The van der Waals surface area contributed by atoms with Gasteiger partial charge in [0.25, 0.3) is 0 Å². The first-order valence-corrected chi connectivity index (χ1v) is 5.84. The predicted molar refractivity (Wildman–Crippen MR) is 67.0 cm³/mol. The normalized spacial score (nSPS) is 9.93. The van der Waals surface area contributed by atoms with E-state index in [0.717, 1.165) is 12.0 Å². The Balaban J connectivity index is 2.59. The predicted octanol–water partition coefficient (Wildman–Crippen LogP) is 4.10. The molecule has 0 aliphatic rings. The van der Waals surface area contributed by atoms with Gasteiger partial charge in [-0.05, 0) is 31.4 Å². The van der Waals surface area contributed by atoms with E-state index in [9.17, 15) is 0 Å². The van der Waals surface area contributed by atoms with E-state index in [0.29, 0.717) is 0 Å². The molecule has 1 rings (SSSR count). The van der Waals surface area contributed by atoms with Crippen molar-refractivity contribution in [1.82, 2.24) is 0 Å². The van der Waals surface area contributed by atoms with E-state index in [2.05, 4.69) is 38.0 Å². The summed E-state index contributed by atoms with van der Waals surface area (Å²) in [7, 11) is 0. The van der Waals surface area contributed by atoms with Crippen LogP contribution in [0.3, 0.4) is 0 Å².